The monoisotopic (exact) mass is 403 g/mol. The molecule has 2 aliphatic rings. The van der Waals surface area contributed by atoms with Crippen LogP contribution in [0.4, 0.5) is 11.4 Å². The van der Waals surface area contributed by atoms with Gasteiger partial charge in [0.15, 0.2) is 5.69 Å². The smallest absolute Gasteiger partial charge is 0.276 e. The molecule has 5 rings (SSSR count). The maximum Gasteiger partial charge on any atom is 0.276 e. The van der Waals surface area contributed by atoms with Crippen molar-refractivity contribution in [2.24, 2.45) is 5.92 Å². The average molecular weight is 403 g/mol. The molecule has 1 saturated carbocycles. The van der Waals surface area contributed by atoms with Gasteiger partial charge in [-0.05, 0) is 43.0 Å². The Morgan fingerprint density at radius 2 is 1.80 bits per heavy atom. The van der Waals surface area contributed by atoms with Gasteiger partial charge in [0.05, 0.1) is 5.39 Å². The normalized spacial score (nSPS) is 17.3. The molecular weight excluding hydrogens is 378 g/mol. The lowest BCUT2D eigenvalue weighted by atomic mass is 10.1. The van der Waals surface area contributed by atoms with Crippen LogP contribution in [-0.2, 0) is 0 Å². The summed E-state index contributed by atoms with van der Waals surface area (Å²) in [6.45, 7) is 5.40. The third-order valence-corrected chi connectivity index (χ3v) is 5.97. The van der Waals surface area contributed by atoms with E-state index in [1.54, 1.807) is 24.3 Å². The molecule has 2 N–H and O–H groups in total. The summed E-state index contributed by atoms with van der Waals surface area (Å²) in [4.78, 5) is 29.8. The first kappa shape index (κ1) is 18.8. The zero-order valence-corrected chi connectivity index (χ0v) is 16.8. The first-order valence-corrected chi connectivity index (χ1v) is 10.5. The lowest BCUT2D eigenvalue weighted by Crippen LogP contribution is -2.47. The second-order valence-corrected chi connectivity index (χ2v) is 8.18. The summed E-state index contributed by atoms with van der Waals surface area (Å²) < 4.78 is 0. The van der Waals surface area contributed by atoms with E-state index in [-0.39, 0.29) is 17.2 Å². The molecule has 0 atom stereocenters. The summed E-state index contributed by atoms with van der Waals surface area (Å²) in [6.07, 6.45) is 2.78. The molecule has 1 amide bonds. The second-order valence-electron chi connectivity index (χ2n) is 8.18. The molecule has 1 saturated heterocycles. The summed E-state index contributed by atoms with van der Waals surface area (Å²) in [5, 5.41) is 10.3. The van der Waals surface area contributed by atoms with Crippen molar-refractivity contribution in [1.29, 1.82) is 0 Å². The number of piperazine rings is 1. The van der Waals surface area contributed by atoms with Gasteiger partial charge in [0.2, 0.25) is 0 Å². The lowest BCUT2D eigenvalue weighted by molar-refractivity contribution is 0.102. The highest BCUT2D eigenvalue weighted by Gasteiger charge is 2.26. The van der Waals surface area contributed by atoms with Crippen LogP contribution in [0.5, 0.6) is 0 Å². The van der Waals surface area contributed by atoms with Crippen LogP contribution in [0.25, 0.3) is 10.8 Å². The molecule has 1 aliphatic heterocycles. The molecule has 30 heavy (non-hydrogen) atoms. The number of hydrogen-bond donors (Lipinski definition) is 2. The molecule has 1 aromatic heterocycles. The number of nitrogens with one attached hydrogen (secondary N) is 2. The molecule has 0 unspecified atom stereocenters. The van der Waals surface area contributed by atoms with Crippen molar-refractivity contribution >= 4 is 28.1 Å². The number of nitrogens with zero attached hydrogens (tertiary/aromatic N) is 3. The minimum Gasteiger partial charge on any atom is -0.369 e. The predicted molar refractivity (Wildman–Crippen MR) is 118 cm³/mol. The van der Waals surface area contributed by atoms with Gasteiger partial charge < -0.3 is 10.2 Å². The number of benzene rings is 2. The summed E-state index contributed by atoms with van der Waals surface area (Å²) >= 11 is 0. The van der Waals surface area contributed by atoms with Gasteiger partial charge in [-0.1, -0.05) is 24.3 Å². The number of carbonyl (C=O) groups is 1. The number of aromatic nitrogens is 2. The number of fused-ring (bicyclic) bond motifs is 1. The standard InChI is InChI=1S/C23H25N5O2/c29-22-20-7-2-1-6-19(20)21(25-26-22)23(30)24-17-4-3-5-18(14-17)28-12-10-27(11-13-28)15-16-8-9-16/h1-7,14,16H,8-13,15H2,(H,24,30)(H,26,29). The van der Waals surface area contributed by atoms with E-state index in [1.165, 1.54) is 19.4 Å². The van der Waals surface area contributed by atoms with Crippen molar-refractivity contribution in [3.8, 4) is 0 Å². The fraction of sp³-hybridized carbons (Fsp3) is 0.348. The van der Waals surface area contributed by atoms with Crippen LogP contribution >= 0.6 is 0 Å². The van der Waals surface area contributed by atoms with E-state index in [4.69, 9.17) is 0 Å². The molecule has 3 aromatic rings. The second kappa shape index (κ2) is 7.91. The van der Waals surface area contributed by atoms with Crippen molar-refractivity contribution in [3.63, 3.8) is 0 Å². The van der Waals surface area contributed by atoms with Gasteiger partial charge in [0, 0.05) is 49.5 Å². The summed E-state index contributed by atoms with van der Waals surface area (Å²) in [5.74, 6) is 0.585. The van der Waals surface area contributed by atoms with Crippen molar-refractivity contribution in [1.82, 2.24) is 15.1 Å². The van der Waals surface area contributed by atoms with Gasteiger partial charge in [0.25, 0.3) is 11.5 Å². The van der Waals surface area contributed by atoms with Gasteiger partial charge >= 0.3 is 0 Å². The van der Waals surface area contributed by atoms with Crippen LogP contribution in [0.1, 0.15) is 23.3 Å². The van der Waals surface area contributed by atoms with E-state index in [2.05, 4.69) is 31.4 Å². The average Bonchev–Trinajstić information content (AvgIpc) is 3.59. The summed E-state index contributed by atoms with van der Waals surface area (Å²) in [7, 11) is 0. The maximum absolute atomic E-state index is 12.9. The Labute approximate surface area is 174 Å². The Hall–Kier alpha value is -3.19. The zero-order valence-electron chi connectivity index (χ0n) is 16.8. The third kappa shape index (κ3) is 3.93. The predicted octanol–water partition coefficient (Wildman–Crippen LogP) is 2.71. The van der Waals surface area contributed by atoms with Crippen LogP contribution in [0.2, 0.25) is 0 Å². The molecule has 1 aliphatic carbocycles. The largest absolute Gasteiger partial charge is 0.369 e. The highest BCUT2D eigenvalue weighted by molar-refractivity contribution is 6.11. The van der Waals surface area contributed by atoms with E-state index in [0.29, 0.717) is 10.8 Å². The maximum atomic E-state index is 12.9. The van der Waals surface area contributed by atoms with Crippen LogP contribution in [0.3, 0.4) is 0 Å². The van der Waals surface area contributed by atoms with E-state index in [9.17, 15) is 9.59 Å². The van der Waals surface area contributed by atoms with Gasteiger partial charge in [-0.15, -0.1) is 0 Å². The molecule has 7 heteroatoms. The Kier molecular flexibility index (Phi) is 4.96. The van der Waals surface area contributed by atoms with Crippen LogP contribution in [-0.4, -0.2) is 53.7 Å². The Morgan fingerprint density at radius 1 is 1.03 bits per heavy atom. The summed E-state index contributed by atoms with van der Waals surface area (Å²) in [5.41, 5.74) is 1.74. The number of anilines is 2. The van der Waals surface area contributed by atoms with Gasteiger partial charge in [-0.25, -0.2) is 5.10 Å². The lowest BCUT2D eigenvalue weighted by Gasteiger charge is -2.36. The molecule has 2 aromatic carbocycles. The van der Waals surface area contributed by atoms with Gasteiger partial charge in [-0.3, -0.25) is 14.5 Å². The highest BCUT2D eigenvalue weighted by atomic mass is 16.2. The number of amides is 1. The molecule has 0 radical (unpaired) electrons. The first-order valence-electron chi connectivity index (χ1n) is 10.5. The van der Waals surface area contributed by atoms with Crippen molar-refractivity contribution in [2.75, 3.05) is 42.9 Å². The van der Waals surface area contributed by atoms with E-state index < -0.39 is 0 Å². The number of carbonyl (C=O) groups excluding carboxylic acids is 1. The SMILES string of the molecule is O=C(Nc1cccc(N2CCN(CC3CC3)CC2)c1)c1n[nH]c(=O)c2ccccc12. The number of H-pyrrole nitrogens is 1. The Morgan fingerprint density at radius 3 is 2.57 bits per heavy atom. The first-order chi connectivity index (χ1) is 14.7. The van der Waals surface area contributed by atoms with Crippen molar-refractivity contribution in [3.05, 3.63) is 64.6 Å². The number of aromatic amines is 1. The topological polar surface area (TPSA) is 81.3 Å². The van der Waals surface area contributed by atoms with E-state index >= 15 is 0 Å². The molecule has 2 heterocycles. The fourth-order valence-corrected chi connectivity index (χ4v) is 4.11. The van der Waals surface area contributed by atoms with Crippen molar-refractivity contribution in [2.45, 2.75) is 12.8 Å². The van der Waals surface area contributed by atoms with Crippen LogP contribution in [0.15, 0.2) is 53.3 Å². The van der Waals surface area contributed by atoms with Crippen LogP contribution < -0.4 is 15.8 Å². The number of rotatable bonds is 5. The third-order valence-electron chi connectivity index (χ3n) is 5.97. The Bertz CT molecular complexity index is 1130. The fourth-order valence-electron chi connectivity index (χ4n) is 4.11. The molecular formula is C23H25N5O2. The molecule has 0 spiro atoms. The van der Waals surface area contributed by atoms with Gasteiger partial charge in [-0.2, -0.15) is 5.10 Å². The van der Waals surface area contributed by atoms with Crippen molar-refractivity contribution < 1.29 is 4.79 Å². The molecule has 2 fully saturated rings. The van der Waals surface area contributed by atoms with Crippen LogP contribution in [0, 0.1) is 5.92 Å². The molecule has 0 bridgehead atoms. The quantitative estimate of drug-likeness (QED) is 0.685. The Balaban J connectivity index is 1.30. The molecule has 7 nitrogen and oxygen atoms in total. The highest BCUT2D eigenvalue weighted by Crippen LogP contribution is 2.30. The minimum atomic E-state index is -0.339. The minimum absolute atomic E-state index is 0.212. The van der Waals surface area contributed by atoms with E-state index in [1.807, 2.05) is 18.2 Å². The van der Waals surface area contributed by atoms with E-state index in [0.717, 1.165) is 43.5 Å². The zero-order chi connectivity index (χ0) is 20.5. The number of hydrogen-bond acceptors (Lipinski definition) is 5. The molecule has 154 valence electrons. The summed E-state index contributed by atoms with van der Waals surface area (Å²) in [6, 6.07) is 14.9. The van der Waals surface area contributed by atoms with Gasteiger partial charge in [0.1, 0.15) is 0 Å².